The van der Waals surface area contributed by atoms with E-state index in [1.54, 1.807) is 18.2 Å². The summed E-state index contributed by atoms with van der Waals surface area (Å²) in [5.74, 6) is 5.69. The number of aromatic nitrogens is 2. The molecular formula is C29H29ClFN5O4. The maximum absolute atomic E-state index is 13.6. The number of nitrogens with zero attached hydrogens (tertiary/aromatic N) is 3. The van der Waals surface area contributed by atoms with Crippen molar-refractivity contribution in [3.05, 3.63) is 65.2 Å². The standard InChI is InChI=1S/C29H29ClFN5O4/c1-2-38-10-4-5-19-13-25-21(29(33-18-32-25)34-20-7-8-23(31)22(30)14-20)15-24(19)35-28(37)6-3-9-36-16-26-27(17-36)40-12-11-39-26/h3,6-8,13-15,18,26-27H,2,9-12,16-17H2,1H3,(H,35,37)(H,32,33,34). The van der Waals surface area contributed by atoms with Gasteiger partial charge in [-0.15, -0.1) is 0 Å². The Morgan fingerprint density at radius 1 is 1.23 bits per heavy atom. The predicted molar refractivity (Wildman–Crippen MR) is 151 cm³/mol. The Morgan fingerprint density at radius 3 is 2.77 bits per heavy atom. The third-order valence-electron chi connectivity index (χ3n) is 6.49. The predicted octanol–water partition coefficient (Wildman–Crippen LogP) is 4.15. The summed E-state index contributed by atoms with van der Waals surface area (Å²) in [6, 6.07) is 7.85. The minimum Gasteiger partial charge on any atom is -0.372 e. The lowest BCUT2D eigenvalue weighted by atomic mass is 10.1. The number of carbonyl (C=O) groups is 1. The molecule has 11 heteroatoms. The SMILES string of the molecule is CCOCC#Cc1cc2ncnc(Nc3ccc(F)c(Cl)c3)c2cc1NC(=O)C=CCN1CC2OCCOC2C1. The molecule has 9 nitrogen and oxygen atoms in total. The maximum atomic E-state index is 13.6. The number of hydrogen-bond acceptors (Lipinski definition) is 8. The van der Waals surface area contributed by atoms with Crippen LogP contribution in [-0.4, -0.2) is 79.0 Å². The Morgan fingerprint density at radius 2 is 2.02 bits per heavy atom. The van der Waals surface area contributed by atoms with E-state index in [0.29, 0.717) is 60.0 Å². The van der Waals surface area contributed by atoms with Crippen molar-refractivity contribution < 1.29 is 23.4 Å². The lowest BCUT2D eigenvalue weighted by Gasteiger charge is -2.24. The van der Waals surface area contributed by atoms with Crippen LogP contribution in [0.5, 0.6) is 0 Å². The first-order valence-electron chi connectivity index (χ1n) is 13.0. The minimum absolute atomic E-state index is 0.0114. The van der Waals surface area contributed by atoms with Gasteiger partial charge in [-0.2, -0.15) is 0 Å². The second-order valence-corrected chi connectivity index (χ2v) is 9.67. The Balaban J connectivity index is 1.35. The lowest BCUT2D eigenvalue weighted by Crippen LogP contribution is -2.36. The van der Waals surface area contributed by atoms with Crippen LogP contribution in [0.3, 0.4) is 0 Å². The van der Waals surface area contributed by atoms with Crippen molar-refractivity contribution >= 4 is 45.6 Å². The molecule has 5 rings (SSSR count). The molecule has 3 heterocycles. The summed E-state index contributed by atoms with van der Waals surface area (Å²) in [4.78, 5) is 23.8. The number of fused-ring (bicyclic) bond motifs is 2. The van der Waals surface area contributed by atoms with E-state index in [-0.39, 0.29) is 29.7 Å². The lowest BCUT2D eigenvalue weighted by molar-refractivity contribution is -0.116. The molecule has 2 aliphatic rings. The molecule has 0 radical (unpaired) electrons. The van der Waals surface area contributed by atoms with Gasteiger partial charge in [0.25, 0.3) is 0 Å². The van der Waals surface area contributed by atoms with Crippen molar-refractivity contribution in [3.8, 4) is 11.8 Å². The third-order valence-corrected chi connectivity index (χ3v) is 6.78. The summed E-state index contributed by atoms with van der Waals surface area (Å²) in [5.41, 5.74) is 2.24. The van der Waals surface area contributed by atoms with Gasteiger partial charge < -0.3 is 24.8 Å². The zero-order chi connectivity index (χ0) is 27.9. The molecule has 2 aromatic carbocycles. The van der Waals surface area contributed by atoms with Crippen molar-refractivity contribution in [3.63, 3.8) is 0 Å². The normalized spacial score (nSPS) is 18.9. The first-order chi connectivity index (χ1) is 19.5. The van der Waals surface area contributed by atoms with Gasteiger partial charge in [0.15, 0.2) is 0 Å². The first kappa shape index (κ1) is 28.0. The quantitative estimate of drug-likeness (QED) is 0.239. The van der Waals surface area contributed by atoms with Crippen LogP contribution in [0.2, 0.25) is 5.02 Å². The minimum atomic E-state index is -0.516. The molecule has 2 fully saturated rings. The average Bonchev–Trinajstić information content (AvgIpc) is 3.36. The van der Waals surface area contributed by atoms with E-state index in [9.17, 15) is 9.18 Å². The van der Waals surface area contributed by atoms with Crippen LogP contribution in [0.25, 0.3) is 10.9 Å². The van der Waals surface area contributed by atoms with Crippen LogP contribution in [0.15, 0.2) is 48.8 Å². The fourth-order valence-corrected chi connectivity index (χ4v) is 4.76. The van der Waals surface area contributed by atoms with E-state index in [1.807, 2.05) is 13.0 Å². The van der Waals surface area contributed by atoms with Crippen LogP contribution in [0.1, 0.15) is 12.5 Å². The van der Waals surface area contributed by atoms with E-state index in [1.165, 1.54) is 24.5 Å². The largest absolute Gasteiger partial charge is 0.372 e. The highest BCUT2D eigenvalue weighted by Gasteiger charge is 2.35. The summed E-state index contributed by atoms with van der Waals surface area (Å²) in [6.45, 7) is 6.09. The molecule has 1 aromatic heterocycles. The number of anilines is 3. The van der Waals surface area contributed by atoms with Crippen molar-refractivity contribution in [2.24, 2.45) is 0 Å². The van der Waals surface area contributed by atoms with Crippen molar-refractivity contribution in [2.45, 2.75) is 19.1 Å². The van der Waals surface area contributed by atoms with Gasteiger partial charge in [0, 0.05) is 43.4 Å². The van der Waals surface area contributed by atoms with E-state index in [0.717, 1.165) is 13.1 Å². The van der Waals surface area contributed by atoms with Gasteiger partial charge in [0.05, 0.1) is 47.2 Å². The van der Waals surface area contributed by atoms with Crippen LogP contribution in [0, 0.1) is 17.7 Å². The van der Waals surface area contributed by atoms with E-state index in [4.69, 9.17) is 25.8 Å². The molecule has 40 heavy (non-hydrogen) atoms. The Bertz CT molecular complexity index is 1460. The number of likely N-dealkylation sites (tertiary alicyclic amines) is 1. The van der Waals surface area contributed by atoms with Gasteiger partial charge in [-0.25, -0.2) is 14.4 Å². The average molecular weight is 566 g/mol. The van der Waals surface area contributed by atoms with Crippen molar-refractivity contribution in [2.75, 3.05) is 56.7 Å². The molecule has 0 saturated carbocycles. The number of rotatable bonds is 8. The van der Waals surface area contributed by atoms with Gasteiger partial charge in [-0.1, -0.05) is 29.5 Å². The molecule has 2 saturated heterocycles. The molecule has 2 unspecified atom stereocenters. The van der Waals surface area contributed by atoms with E-state index >= 15 is 0 Å². The monoisotopic (exact) mass is 565 g/mol. The fraction of sp³-hybridized carbons (Fsp3) is 0.345. The fourth-order valence-electron chi connectivity index (χ4n) is 4.57. The number of amides is 1. The molecule has 0 bridgehead atoms. The molecule has 2 N–H and O–H groups in total. The molecule has 208 valence electrons. The van der Waals surface area contributed by atoms with E-state index in [2.05, 4.69) is 37.3 Å². The topological polar surface area (TPSA) is 97.8 Å². The summed E-state index contributed by atoms with van der Waals surface area (Å²) in [7, 11) is 0. The summed E-state index contributed by atoms with van der Waals surface area (Å²) >= 11 is 5.94. The smallest absolute Gasteiger partial charge is 0.248 e. The second kappa shape index (κ2) is 13.2. The number of carbonyl (C=O) groups excluding carboxylic acids is 1. The number of hydrogen-bond donors (Lipinski definition) is 2. The Kier molecular flexibility index (Phi) is 9.21. The summed E-state index contributed by atoms with van der Waals surface area (Å²) < 4.78 is 30.5. The maximum Gasteiger partial charge on any atom is 0.248 e. The van der Waals surface area contributed by atoms with Gasteiger partial charge in [-0.3, -0.25) is 9.69 Å². The molecule has 2 atom stereocenters. The molecule has 3 aromatic rings. The van der Waals surface area contributed by atoms with Crippen LogP contribution >= 0.6 is 11.6 Å². The molecule has 1 amide bonds. The zero-order valence-corrected chi connectivity index (χ0v) is 22.7. The summed E-state index contributed by atoms with van der Waals surface area (Å²) in [6.07, 6.45) is 4.91. The first-order valence-corrected chi connectivity index (χ1v) is 13.4. The summed E-state index contributed by atoms with van der Waals surface area (Å²) in [5, 5.41) is 6.71. The third kappa shape index (κ3) is 6.94. The highest BCUT2D eigenvalue weighted by Crippen LogP contribution is 2.30. The van der Waals surface area contributed by atoms with Gasteiger partial charge in [-0.05, 0) is 37.3 Å². The highest BCUT2D eigenvalue weighted by atomic mass is 35.5. The Hall–Kier alpha value is -3.59. The van der Waals surface area contributed by atoms with Crippen molar-refractivity contribution in [1.82, 2.24) is 14.9 Å². The number of benzene rings is 2. The zero-order valence-electron chi connectivity index (χ0n) is 22.0. The van der Waals surface area contributed by atoms with E-state index < -0.39 is 5.82 Å². The molecule has 0 aliphatic carbocycles. The molecular weight excluding hydrogens is 537 g/mol. The van der Waals surface area contributed by atoms with Gasteiger partial charge in [0.2, 0.25) is 5.91 Å². The van der Waals surface area contributed by atoms with Crippen LogP contribution < -0.4 is 10.6 Å². The number of ether oxygens (including phenoxy) is 3. The molecule has 0 spiro atoms. The van der Waals surface area contributed by atoms with Gasteiger partial charge in [0.1, 0.15) is 24.6 Å². The number of nitrogens with one attached hydrogen (secondary N) is 2. The second-order valence-electron chi connectivity index (χ2n) is 9.26. The molecule has 2 aliphatic heterocycles. The Labute approximate surface area is 236 Å². The van der Waals surface area contributed by atoms with Crippen LogP contribution in [-0.2, 0) is 19.0 Å². The van der Waals surface area contributed by atoms with Crippen LogP contribution in [0.4, 0.5) is 21.6 Å². The number of halogens is 2. The highest BCUT2D eigenvalue weighted by molar-refractivity contribution is 6.31. The van der Waals surface area contributed by atoms with Gasteiger partial charge >= 0.3 is 0 Å². The van der Waals surface area contributed by atoms with Crippen molar-refractivity contribution in [1.29, 1.82) is 0 Å².